The van der Waals surface area contributed by atoms with Crippen LogP contribution in [0.3, 0.4) is 0 Å². The standard InChI is InChI=1S/C34H24BNO3/c37-35(38)27-16-15-25-19-24(13-14-26(25)20-27)23-7-6-10-29(21-23)36(28-8-2-1-3-9-28)30-17-18-32-31-11-4-5-12-33(31)39-34(32)22-30/h1-22,37-38H. The number of benzene rings is 6. The van der Waals surface area contributed by atoms with Crippen molar-refractivity contribution in [3.8, 4) is 11.1 Å². The Labute approximate surface area is 226 Å². The van der Waals surface area contributed by atoms with Crippen LogP contribution < -0.4 is 10.4 Å². The maximum atomic E-state index is 9.53. The predicted molar refractivity (Wildman–Crippen MR) is 161 cm³/mol. The highest BCUT2D eigenvalue weighted by Crippen LogP contribution is 2.39. The Hall–Kier alpha value is -4.84. The van der Waals surface area contributed by atoms with Crippen molar-refractivity contribution in [1.29, 1.82) is 0 Å². The van der Waals surface area contributed by atoms with E-state index in [0.717, 1.165) is 60.9 Å². The summed E-state index contributed by atoms with van der Waals surface area (Å²) in [5, 5.41) is 23.3. The Balaban J connectivity index is 1.34. The lowest BCUT2D eigenvalue weighted by Gasteiger charge is -2.26. The number of nitrogens with zero attached hydrogens (tertiary/aromatic N) is 1. The van der Waals surface area contributed by atoms with E-state index in [1.54, 1.807) is 6.07 Å². The van der Waals surface area contributed by atoms with Gasteiger partial charge in [-0.25, -0.2) is 0 Å². The molecule has 39 heavy (non-hydrogen) atoms. The lowest BCUT2D eigenvalue weighted by molar-refractivity contribution is 0.426. The molecule has 1 aromatic heterocycles. The van der Waals surface area contributed by atoms with Crippen LogP contribution in [0.1, 0.15) is 0 Å². The summed E-state index contributed by atoms with van der Waals surface area (Å²) < 4.78 is 6.21. The zero-order chi connectivity index (χ0) is 26.3. The highest BCUT2D eigenvalue weighted by Gasteiger charge is 2.16. The minimum atomic E-state index is -1.48. The Bertz CT molecular complexity index is 1960. The zero-order valence-corrected chi connectivity index (χ0v) is 21.0. The van der Waals surface area contributed by atoms with Crippen LogP contribution in [0.2, 0.25) is 0 Å². The molecule has 0 radical (unpaired) electrons. The fourth-order valence-electron chi connectivity index (χ4n) is 5.31. The van der Waals surface area contributed by atoms with Crippen molar-refractivity contribution in [1.82, 2.24) is 0 Å². The molecule has 7 rings (SSSR count). The number of anilines is 3. The van der Waals surface area contributed by atoms with E-state index < -0.39 is 7.12 Å². The van der Waals surface area contributed by atoms with Crippen LogP contribution in [0.25, 0.3) is 43.8 Å². The molecule has 4 nitrogen and oxygen atoms in total. The van der Waals surface area contributed by atoms with Gasteiger partial charge in [0.1, 0.15) is 11.2 Å². The first-order valence-electron chi connectivity index (χ1n) is 12.9. The van der Waals surface area contributed by atoms with Crippen LogP contribution in [0, 0.1) is 0 Å². The molecular formula is C34H24BNO3. The number of fused-ring (bicyclic) bond motifs is 4. The van der Waals surface area contributed by atoms with Gasteiger partial charge < -0.3 is 19.4 Å². The van der Waals surface area contributed by atoms with Gasteiger partial charge in [0.25, 0.3) is 0 Å². The molecule has 6 aromatic carbocycles. The van der Waals surface area contributed by atoms with E-state index in [2.05, 4.69) is 77.7 Å². The van der Waals surface area contributed by atoms with E-state index in [4.69, 9.17) is 4.42 Å². The maximum Gasteiger partial charge on any atom is 0.488 e. The molecule has 0 spiro atoms. The Morgan fingerprint density at radius 1 is 0.487 bits per heavy atom. The van der Waals surface area contributed by atoms with E-state index in [1.807, 2.05) is 54.6 Å². The quantitative estimate of drug-likeness (QED) is 0.237. The van der Waals surface area contributed by atoms with Gasteiger partial charge in [0.15, 0.2) is 0 Å². The summed E-state index contributed by atoms with van der Waals surface area (Å²) in [6, 6.07) is 45.1. The third kappa shape index (κ3) is 4.24. The van der Waals surface area contributed by atoms with Crippen LogP contribution in [-0.2, 0) is 0 Å². The average Bonchev–Trinajstić information content (AvgIpc) is 3.35. The van der Waals surface area contributed by atoms with Crippen molar-refractivity contribution >= 4 is 62.4 Å². The molecule has 0 atom stereocenters. The molecule has 1 heterocycles. The van der Waals surface area contributed by atoms with Crippen molar-refractivity contribution in [2.75, 3.05) is 4.90 Å². The zero-order valence-electron chi connectivity index (χ0n) is 21.0. The lowest BCUT2D eigenvalue weighted by atomic mass is 9.79. The highest BCUT2D eigenvalue weighted by molar-refractivity contribution is 6.58. The Morgan fingerprint density at radius 3 is 2.05 bits per heavy atom. The van der Waals surface area contributed by atoms with Gasteiger partial charge in [0.2, 0.25) is 0 Å². The van der Waals surface area contributed by atoms with Gasteiger partial charge in [-0.05, 0) is 75.9 Å². The van der Waals surface area contributed by atoms with E-state index >= 15 is 0 Å². The summed E-state index contributed by atoms with van der Waals surface area (Å²) in [6.45, 7) is 0. The third-order valence-corrected chi connectivity index (χ3v) is 7.24. The molecule has 0 saturated carbocycles. The second-order valence-corrected chi connectivity index (χ2v) is 9.70. The van der Waals surface area contributed by atoms with Crippen LogP contribution in [0.5, 0.6) is 0 Å². The molecule has 0 bridgehead atoms. The van der Waals surface area contributed by atoms with Gasteiger partial charge in [-0.1, -0.05) is 78.9 Å². The molecule has 186 valence electrons. The van der Waals surface area contributed by atoms with Crippen molar-refractivity contribution in [3.63, 3.8) is 0 Å². The fraction of sp³-hybridized carbons (Fsp3) is 0. The number of furan rings is 1. The van der Waals surface area contributed by atoms with E-state index in [0.29, 0.717) is 5.46 Å². The van der Waals surface area contributed by atoms with Crippen molar-refractivity contribution in [2.24, 2.45) is 0 Å². The monoisotopic (exact) mass is 505 g/mol. The smallest absolute Gasteiger partial charge is 0.456 e. The molecular weight excluding hydrogens is 481 g/mol. The second kappa shape index (κ2) is 9.48. The van der Waals surface area contributed by atoms with Gasteiger partial charge in [0, 0.05) is 33.9 Å². The lowest BCUT2D eigenvalue weighted by Crippen LogP contribution is -2.29. The van der Waals surface area contributed by atoms with E-state index in [-0.39, 0.29) is 0 Å². The van der Waals surface area contributed by atoms with Crippen LogP contribution >= 0.6 is 0 Å². The summed E-state index contributed by atoms with van der Waals surface area (Å²) in [5.41, 5.74) is 7.50. The summed E-state index contributed by atoms with van der Waals surface area (Å²) in [5.74, 6) is 0. The summed E-state index contributed by atoms with van der Waals surface area (Å²) in [4.78, 5) is 2.24. The van der Waals surface area contributed by atoms with E-state index in [9.17, 15) is 10.0 Å². The van der Waals surface area contributed by atoms with Crippen LogP contribution in [0.4, 0.5) is 17.1 Å². The highest BCUT2D eigenvalue weighted by atomic mass is 16.4. The molecule has 7 aromatic rings. The summed E-state index contributed by atoms with van der Waals surface area (Å²) in [6.07, 6.45) is 0. The first-order valence-corrected chi connectivity index (χ1v) is 12.9. The molecule has 0 amide bonds. The van der Waals surface area contributed by atoms with Crippen molar-refractivity contribution in [3.05, 3.63) is 133 Å². The minimum Gasteiger partial charge on any atom is -0.456 e. The van der Waals surface area contributed by atoms with Crippen LogP contribution in [-0.4, -0.2) is 17.2 Å². The molecule has 0 saturated heterocycles. The largest absolute Gasteiger partial charge is 0.488 e. The SMILES string of the molecule is OB(O)c1ccc2cc(-c3cccc(N(c4ccccc4)c4ccc5c(c4)oc4ccccc45)c3)ccc2c1. The molecule has 5 heteroatoms. The summed E-state index contributed by atoms with van der Waals surface area (Å²) in [7, 11) is -1.48. The topological polar surface area (TPSA) is 56.8 Å². The predicted octanol–water partition coefficient (Wildman–Crippen LogP) is 7.56. The molecule has 0 unspecified atom stereocenters. The molecule has 0 aliphatic rings. The Morgan fingerprint density at radius 2 is 1.18 bits per heavy atom. The molecule has 2 N–H and O–H groups in total. The molecule has 0 aliphatic carbocycles. The number of hydrogen-bond acceptors (Lipinski definition) is 4. The van der Waals surface area contributed by atoms with Crippen molar-refractivity contribution < 1.29 is 14.5 Å². The second-order valence-electron chi connectivity index (χ2n) is 9.70. The third-order valence-electron chi connectivity index (χ3n) is 7.24. The van der Waals surface area contributed by atoms with Gasteiger partial charge in [-0.15, -0.1) is 0 Å². The summed E-state index contributed by atoms with van der Waals surface area (Å²) >= 11 is 0. The van der Waals surface area contributed by atoms with Gasteiger partial charge in [-0.2, -0.15) is 0 Å². The first-order chi connectivity index (χ1) is 19.1. The fourth-order valence-corrected chi connectivity index (χ4v) is 5.31. The van der Waals surface area contributed by atoms with Gasteiger partial charge in [-0.3, -0.25) is 0 Å². The molecule has 0 fully saturated rings. The average molecular weight is 505 g/mol. The van der Waals surface area contributed by atoms with Gasteiger partial charge in [0.05, 0.1) is 0 Å². The number of para-hydroxylation sites is 2. The van der Waals surface area contributed by atoms with E-state index in [1.165, 1.54) is 0 Å². The molecule has 0 aliphatic heterocycles. The number of rotatable bonds is 5. The van der Waals surface area contributed by atoms with Gasteiger partial charge >= 0.3 is 7.12 Å². The normalized spacial score (nSPS) is 11.3. The maximum absolute atomic E-state index is 9.53. The van der Waals surface area contributed by atoms with Crippen molar-refractivity contribution in [2.45, 2.75) is 0 Å². The number of hydrogen-bond donors (Lipinski definition) is 2. The van der Waals surface area contributed by atoms with Crippen LogP contribution in [0.15, 0.2) is 138 Å². The minimum absolute atomic E-state index is 0.483. The first kappa shape index (κ1) is 23.3. The Kier molecular flexibility index (Phi) is 5.66.